The zero-order valence-electron chi connectivity index (χ0n) is 14.9. The Morgan fingerprint density at radius 2 is 1.85 bits per heavy atom. The zero-order chi connectivity index (χ0) is 17.9. The van der Waals surface area contributed by atoms with Crippen LogP contribution < -0.4 is 11.1 Å². The normalized spacial score (nSPS) is 21.1. The summed E-state index contributed by atoms with van der Waals surface area (Å²) in [6, 6.07) is 13.9. The van der Waals surface area contributed by atoms with Crippen LogP contribution in [0.15, 0.2) is 42.5 Å². The van der Waals surface area contributed by atoms with Gasteiger partial charge in [0.15, 0.2) is 0 Å². The molecule has 2 aliphatic heterocycles. The molecule has 6 nitrogen and oxygen atoms in total. The molecule has 1 aromatic carbocycles. The lowest BCUT2D eigenvalue weighted by atomic mass is 10.1. The molecule has 2 aromatic rings. The first-order valence-electron chi connectivity index (χ1n) is 9.28. The maximum Gasteiger partial charge on any atom is 0.253 e. The van der Waals surface area contributed by atoms with Gasteiger partial charge in [0, 0.05) is 49.9 Å². The number of nitrogens with one attached hydrogen (secondary N) is 1. The second kappa shape index (κ2) is 7.43. The van der Waals surface area contributed by atoms with Crippen LogP contribution in [0.3, 0.4) is 0 Å². The summed E-state index contributed by atoms with van der Waals surface area (Å²) >= 11 is 0. The van der Waals surface area contributed by atoms with Crippen molar-refractivity contribution in [3.05, 3.63) is 48.0 Å². The van der Waals surface area contributed by atoms with E-state index in [1.807, 2.05) is 41.3 Å². The number of pyridine rings is 1. The van der Waals surface area contributed by atoms with E-state index in [2.05, 4.69) is 15.2 Å². The fourth-order valence-corrected chi connectivity index (χ4v) is 3.82. The van der Waals surface area contributed by atoms with Gasteiger partial charge in [-0.3, -0.25) is 9.69 Å². The zero-order valence-corrected chi connectivity index (χ0v) is 14.9. The van der Waals surface area contributed by atoms with E-state index in [-0.39, 0.29) is 5.91 Å². The number of anilines is 1. The molecule has 26 heavy (non-hydrogen) atoms. The molecule has 2 saturated heterocycles. The van der Waals surface area contributed by atoms with Gasteiger partial charge in [0.1, 0.15) is 5.82 Å². The van der Waals surface area contributed by atoms with Crippen molar-refractivity contribution < 1.29 is 4.79 Å². The van der Waals surface area contributed by atoms with Crippen molar-refractivity contribution in [2.24, 2.45) is 0 Å². The molecule has 3 heterocycles. The number of benzene rings is 1. The van der Waals surface area contributed by atoms with Crippen LogP contribution in [-0.4, -0.2) is 66.0 Å². The van der Waals surface area contributed by atoms with Crippen molar-refractivity contribution in [2.75, 3.05) is 45.0 Å². The Balaban J connectivity index is 1.39. The standard InChI is InChI=1S/C20H25N5O/c21-19-3-1-2-18(23-19)15-4-6-16(7-5-15)20(26)25-12-10-24(11-13-25)17-8-9-22-14-17/h1-7,17,22H,8-14H2,(H2,21,23). The largest absolute Gasteiger partial charge is 0.384 e. The first-order valence-corrected chi connectivity index (χ1v) is 9.28. The second-order valence-corrected chi connectivity index (χ2v) is 7.00. The van der Waals surface area contributed by atoms with Gasteiger partial charge in [-0.05, 0) is 37.2 Å². The van der Waals surface area contributed by atoms with Crippen LogP contribution in [0.2, 0.25) is 0 Å². The molecule has 1 amide bonds. The average molecular weight is 351 g/mol. The predicted octanol–water partition coefficient (Wildman–Crippen LogP) is 1.45. The lowest BCUT2D eigenvalue weighted by Gasteiger charge is -2.37. The summed E-state index contributed by atoms with van der Waals surface area (Å²) in [5, 5.41) is 3.42. The van der Waals surface area contributed by atoms with Crippen LogP contribution in [0.4, 0.5) is 5.82 Å². The Labute approximate surface area is 154 Å². The Hall–Kier alpha value is -2.44. The van der Waals surface area contributed by atoms with Crippen molar-refractivity contribution >= 4 is 11.7 Å². The van der Waals surface area contributed by atoms with Crippen LogP contribution >= 0.6 is 0 Å². The summed E-state index contributed by atoms with van der Waals surface area (Å²) in [6.07, 6.45) is 1.22. The molecule has 0 saturated carbocycles. The van der Waals surface area contributed by atoms with Gasteiger partial charge in [0.05, 0.1) is 5.69 Å². The third kappa shape index (κ3) is 3.57. The molecule has 6 heteroatoms. The molecule has 2 fully saturated rings. The van der Waals surface area contributed by atoms with E-state index in [9.17, 15) is 4.79 Å². The number of nitrogen functional groups attached to an aromatic ring is 1. The first kappa shape index (κ1) is 17.0. The summed E-state index contributed by atoms with van der Waals surface area (Å²) < 4.78 is 0. The smallest absolute Gasteiger partial charge is 0.253 e. The molecule has 2 aliphatic rings. The molecule has 1 unspecified atom stereocenters. The number of aromatic nitrogens is 1. The molecule has 136 valence electrons. The van der Waals surface area contributed by atoms with Gasteiger partial charge in [0.25, 0.3) is 5.91 Å². The number of carbonyl (C=O) groups is 1. The van der Waals surface area contributed by atoms with E-state index in [0.29, 0.717) is 11.9 Å². The molecule has 1 aromatic heterocycles. The van der Waals surface area contributed by atoms with Crippen LogP contribution in [0.1, 0.15) is 16.8 Å². The van der Waals surface area contributed by atoms with Crippen LogP contribution in [-0.2, 0) is 0 Å². The summed E-state index contributed by atoms with van der Waals surface area (Å²) in [5.41, 5.74) is 8.27. The minimum Gasteiger partial charge on any atom is -0.384 e. The van der Waals surface area contributed by atoms with E-state index >= 15 is 0 Å². The number of nitrogens with zero attached hydrogens (tertiary/aromatic N) is 3. The summed E-state index contributed by atoms with van der Waals surface area (Å²) in [7, 11) is 0. The number of carbonyl (C=O) groups excluding carboxylic acids is 1. The maximum absolute atomic E-state index is 12.8. The fraction of sp³-hybridized carbons (Fsp3) is 0.400. The van der Waals surface area contributed by atoms with Gasteiger partial charge in [-0.15, -0.1) is 0 Å². The van der Waals surface area contributed by atoms with E-state index in [0.717, 1.165) is 56.1 Å². The number of rotatable bonds is 3. The molecular formula is C20H25N5O. The Morgan fingerprint density at radius 3 is 2.50 bits per heavy atom. The quantitative estimate of drug-likeness (QED) is 0.876. The second-order valence-electron chi connectivity index (χ2n) is 7.00. The number of amides is 1. The minimum absolute atomic E-state index is 0.112. The van der Waals surface area contributed by atoms with Crippen LogP contribution in [0, 0.1) is 0 Å². The van der Waals surface area contributed by atoms with Crippen molar-refractivity contribution in [2.45, 2.75) is 12.5 Å². The highest BCUT2D eigenvalue weighted by atomic mass is 16.2. The number of hydrogen-bond donors (Lipinski definition) is 2. The number of nitrogens with two attached hydrogens (primary N) is 1. The van der Waals surface area contributed by atoms with E-state index in [1.54, 1.807) is 6.07 Å². The average Bonchev–Trinajstić information content (AvgIpc) is 3.23. The molecule has 3 N–H and O–H groups in total. The molecular weight excluding hydrogens is 326 g/mol. The molecule has 4 rings (SSSR count). The van der Waals surface area contributed by atoms with Crippen molar-refractivity contribution in [1.82, 2.24) is 20.1 Å². The maximum atomic E-state index is 12.8. The van der Waals surface area contributed by atoms with Gasteiger partial charge >= 0.3 is 0 Å². The summed E-state index contributed by atoms with van der Waals surface area (Å²) in [4.78, 5) is 21.6. The summed E-state index contributed by atoms with van der Waals surface area (Å²) in [5.74, 6) is 0.610. The Bertz CT molecular complexity index is 762. The van der Waals surface area contributed by atoms with Gasteiger partial charge in [-0.2, -0.15) is 0 Å². The van der Waals surface area contributed by atoms with E-state index < -0.39 is 0 Å². The minimum atomic E-state index is 0.112. The predicted molar refractivity (Wildman–Crippen MR) is 103 cm³/mol. The van der Waals surface area contributed by atoms with Gasteiger partial charge < -0.3 is 16.0 Å². The molecule has 0 bridgehead atoms. The summed E-state index contributed by atoms with van der Waals surface area (Å²) in [6.45, 7) is 5.71. The number of piperazine rings is 1. The van der Waals surface area contributed by atoms with Crippen molar-refractivity contribution in [1.29, 1.82) is 0 Å². The number of hydrogen-bond acceptors (Lipinski definition) is 5. The van der Waals surface area contributed by atoms with Crippen LogP contribution in [0.5, 0.6) is 0 Å². The Kier molecular flexibility index (Phi) is 4.86. The molecule has 1 atom stereocenters. The first-order chi connectivity index (χ1) is 12.7. The molecule has 0 radical (unpaired) electrons. The highest BCUT2D eigenvalue weighted by Crippen LogP contribution is 2.20. The SMILES string of the molecule is Nc1cccc(-c2ccc(C(=O)N3CCN(C4CCNC4)CC3)cc2)n1. The van der Waals surface area contributed by atoms with Gasteiger partial charge in [-0.25, -0.2) is 4.98 Å². The van der Waals surface area contributed by atoms with Crippen molar-refractivity contribution in [3.63, 3.8) is 0 Å². The van der Waals surface area contributed by atoms with E-state index in [1.165, 1.54) is 6.42 Å². The van der Waals surface area contributed by atoms with Gasteiger partial charge in [0.2, 0.25) is 0 Å². The fourth-order valence-electron chi connectivity index (χ4n) is 3.82. The monoisotopic (exact) mass is 351 g/mol. The van der Waals surface area contributed by atoms with Gasteiger partial charge in [-0.1, -0.05) is 18.2 Å². The molecule has 0 spiro atoms. The highest BCUT2D eigenvalue weighted by molar-refractivity contribution is 5.94. The third-order valence-corrected chi connectivity index (χ3v) is 5.35. The van der Waals surface area contributed by atoms with Crippen LogP contribution in [0.25, 0.3) is 11.3 Å². The Morgan fingerprint density at radius 1 is 1.08 bits per heavy atom. The van der Waals surface area contributed by atoms with Crippen molar-refractivity contribution in [3.8, 4) is 11.3 Å². The lowest BCUT2D eigenvalue weighted by molar-refractivity contribution is 0.0584. The lowest BCUT2D eigenvalue weighted by Crippen LogP contribution is -2.52. The highest BCUT2D eigenvalue weighted by Gasteiger charge is 2.28. The molecule has 0 aliphatic carbocycles. The third-order valence-electron chi connectivity index (χ3n) is 5.35. The van der Waals surface area contributed by atoms with E-state index in [4.69, 9.17) is 5.73 Å². The topological polar surface area (TPSA) is 74.5 Å².